The van der Waals surface area contributed by atoms with Crippen LogP contribution in [0.2, 0.25) is 0 Å². The van der Waals surface area contributed by atoms with Gasteiger partial charge in [-0.2, -0.15) is 5.10 Å². The summed E-state index contributed by atoms with van der Waals surface area (Å²) in [5.41, 5.74) is 12.0. The van der Waals surface area contributed by atoms with Gasteiger partial charge in [0.15, 0.2) is 0 Å². The maximum atomic E-state index is 12.5. The van der Waals surface area contributed by atoms with Crippen LogP contribution in [0.4, 0.5) is 0 Å². The van der Waals surface area contributed by atoms with Crippen molar-refractivity contribution in [3.8, 4) is 11.4 Å². The average molecular weight is 426 g/mol. The first-order valence-corrected chi connectivity index (χ1v) is 9.99. The van der Waals surface area contributed by atoms with E-state index in [4.69, 9.17) is 5.73 Å². The molecule has 0 aliphatic rings. The van der Waals surface area contributed by atoms with Crippen molar-refractivity contribution in [1.82, 2.24) is 9.99 Å². The van der Waals surface area contributed by atoms with Gasteiger partial charge in [0, 0.05) is 28.2 Å². The van der Waals surface area contributed by atoms with Crippen LogP contribution in [-0.2, 0) is 0 Å². The molecule has 3 aromatic carbocycles. The molecule has 0 aliphatic carbocycles. The highest BCUT2D eigenvalue weighted by molar-refractivity contribution is 6.01. The summed E-state index contributed by atoms with van der Waals surface area (Å²) in [7, 11) is 0. The number of carbonyl (C=O) groups is 2. The Balaban J connectivity index is 1.54. The molecular weight excluding hydrogens is 404 g/mol. The number of phenols is 1. The zero-order chi connectivity index (χ0) is 22.8. The molecule has 2 amide bonds. The molecule has 0 fully saturated rings. The zero-order valence-corrected chi connectivity index (χ0v) is 17.7. The van der Waals surface area contributed by atoms with Crippen molar-refractivity contribution in [2.24, 2.45) is 10.8 Å². The molecule has 0 unspecified atom stereocenters. The summed E-state index contributed by atoms with van der Waals surface area (Å²) in [4.78, 5) is 23.8. The first-order valence-electron chi connectivity index (χ1n) is 9.99. The van der Waals surface area contributed by atoms with Crippen molar-refractivity contribution in [1.29, 1.82) is 0 Å². The highest BCUT2D eigenvalue weighted by Crippen LogP contribution is 2.25. The van der Waals surface area contributed by atoms with E-state index in [0.717, 1.165) is 33.4 Å². The fourth-order valence-electron chi connectivity index (χ4n) is 3.72. The van der Waals surface area contributed by atoms with E-state index in [1.165, 1.54) is 0 Å². The number of nitrogens with one attached hydrogen (secondary N) is 1. The van der Waals surface area contributed by atoms with Gasteiger partial charge in [-0.1, -0.05) is 24.3 Å². The molecule has 4 aromatic rings. The molecule has 7 heteroatoms. The topological polar surface area (TPSA) is 110 Å². The lowest BCUT2D eigenvalue weighted by molar-refractivity contribution is 0.0951. The summed E-state index contributed by atoms with van der Waals surface area (Å²) in [6, 6.07) is 19.6. The Morgan fingerprint density at radius 1 is 1.00 bits per heavy atom. The van der Waals surface area contributed by atoms with Crippen molar-refractivity contribution < 1.29 is 14.7 Å². The summed E-state index contributed by atoms with van der Waals surface area (Å²) in [6.45, 7) is 3.89. The minimum Gasteiger partial charge on any atom is -0.507 e. The summed E-state index contributed by atoms with van der Waals surface area (Å²) >= 11 is 0. The molecule has 0 radical (unpaired) electrons. The molecule has 1 aromatic heterocycles. The number of hydrogen-bond acceptors (Lipinski definition) is 4. The number of benzene rings is 3. The predicted octanol–water partition coefficient (Wildman–Crippen LogP) is 3.82. The van der Waals surface area contributed by atoms with E-state index in [-0.39, 0.29) is 11.3 Å². The number of fused-ring (bicyclic) bond motifs is 1. The molecule has 0 aliphatic heterocycles. The first kappa shape index (κ1) is 20.9. The summed E-state index contributed by atoms with van der Waals surface area (Å²) in [5, 5.41) is 16.0. The van der Waals surface area contributed by atoms with Crippen LogP contribution in [-0.4, -0.2) is 27.7 Å². The number of phenolic OH excluding ortho intramolecular Hbond substituents is 1. The number of hydrogen-bond donors (Lipinski definition) is 3. The number of primary amides is 1. The Hall–Kier alpha value is -4.39. The lowest BCUT2D eigenvalue weighted by Crippen LogP contribution is -2.17. The van der Waals surface area contributed by atoms with Crippen molar-refractivity contribution in [2.75, 3.05) is 0 Å². The number of carbonyl (C=O) groups excluding carboxylic acids is 2. The summed E-state index contributed by atoms with van der Waals surface area (Å²) in [6.07, 6.45) is 1.56. The highest BCUT2D eigenvalue weighted by Gasteiger charge is 2.13. The van der Waals surface area contributed by atoms with Gasteiger partial charge in [-0.25, -0.2) is 5.43 Å². The first-order chi connectivity index (χ1) is 15.3. The number of aryl methyl sites for hydroxylation is 1. The summed E-state index contributed by atoms with van der Waals surface area (Å²) in [5.74, 6) is -1.08. The quantitative estimate of drug-likeness (QED) is 0.333. The normalized spacial score (nSPS) is 11.2. The fourth-order valence-corrected chi connectivity index (χ4v) is 3.72. The van der Waals surface area contributed by atoms with Gasteiger partial charge in [0.2, 0.25) is 5.91 Å². The Labute approximate surface area is 184 Å². The minimum atomic E-state index is -0.500. The van der Waals surface area contributed by atoms with Crippen LogP contribution in [0.5, 0.6) is 5.75 Å². The second kappa shape index (κ2) is 8.39. The maximum Gasteiger partial charge on any atom is 0.275 e. The fraction of sp³-hybridized carbons (Fsp3) is 0.0800. The van der Waals surface area contributed by atoms with Crippen LogP contribution in [0, 0.1) is 13.8 Å². The molecule has 7 nitrogen and oxygen atoms in total. The molecule has 160 valence electrons. The molecule has 0 bridgehead atoms. The van der Waals surface area contributed by atoms with Gasteiger partial charge >= 0.3 is 0 Å². The van der Waals surface area contributed by atoms with E-state index in [1.807, 2.05) is 60.9 Å². The molecule has 4 N–H and O–H groups in total. The van der Waals surface area contributed by atoms with Gasteiger partial charge < -0.3 is 15.4 Å². The van der Waals surface area contributed by atoms with E-state index in [1.54, 1.807) is 30.5 Å². The largest absolute Gasteiger partial charge is 0.507 e. The van der Waals surface area contributed by atoms with Gasteiger partial charge in [-0.3, -0.25) is 9.59 Å². The predicted molar refractivity (Wildman–Crippen MR) is 124 cm³/mol. The average Bonchev–Trinajstić information content (AvgIpc) is 3.06. The summed E-state index contributed by atoms with van der Waals surface area (Å²) < 4.78 is 2.02. The van der Waals surface area contributed by atoms with Gasteiger partial charge in [-0.15, -0.1) is 0 Å². The van der Waals surface area contributed by atoms with Gasteiger partial charge in [0.05, 0.1) is 11.8 Å². The van der Waals surface area contributed by atoms with E-state index in [0.29, 0.717) is 5.56 Å². The lowest BCUT2D eigenvalue weighted by atomic mass is 10.1. The van der Waals surface area contributed by atoms with Crippen molar-refractivity contribution in [3.05, 3.63) is 94.8 Å². The molecule has 0 spiro atoms. The molecule has 4 rings (SSSR count). The third-order valence-corrected chi connectivity index (χ3v) is 5.36. The zero-order valence-electron chi connectivity index (χ0n) is 17.7. The Bertz CT molecular complexity index is 1370. The van der Waals surface area contributed by atoms with Gasteiger partial charge in [-0.05, 0) is 67.1 Å². The van der Waals surface area contributed by atoms with Crippen LogP contribution in [0.1, 0.15) is 37.7 Å². The number of nitrogens with two attached hydrogens (primary N) is 1. The standard InChI is InChI=1S/C25H22N4O3/c1-15-11-20(16(2)29(15)21-9-7-17(8-10-21)24(26)31)14-27-28-25(32)22-12-18-5-3-4-6-19(18)13-23(22)30/h3-14,30H,1-2H3,(H2,26,31)(H,28,32). The molecule has 32 heavy (non-hydrogen) atoms. The SMILES string of the molecule is Cc1cc(C=NNC(=O)c2cc3ccccc3cc2O)c(C)n1-c1ccc(C(N)=O)cc1. The molecule has 0 saturated heterocycles. The van der Waals surface area contributed by atoms with Crippen LogP contribution in [0.15, 0.2) is 71.8 Å². The number of rotatable bonds is 5. The number of aromatic nitrogens is 1. The van der Waals surface area contributed by atoms with E-state index in [2.05, 4.69) is 10.5 Å². The van der Waals surface area contributed by atoms with Crippen LogP contribution < -0.4 is 11.2 Å². The number of aromatic hydroxyl groups is 1. The Kier molecular flexibility index (Phi) is 5.47. The van der Waals surface area contributed by atoms with E-state index >= 15 is 0 Å². The van der Waals surface area contributed by atoms with Crippen molar-refractivity contribution >= 4 is 28.8 Å². The third-order valence-electron chi connectivity index (χ3n) is 5.36. The van der Waals surface area contributed by atoms with Crippen LogP contribution >= 0.6 is 0 Å². The number of hydrazone groups is 1. The molecule has 0 saturated carbocycles. The molecule has 0 atom stereocenters. The molecule has 1 heterocycles. The highest BCUT2D eigenvalue weighted by atomic mass is 16.3. The van der Waals surface area contributed by atoms with Crippen LogP contribution in [0.25, 0.3) is 16.5 Å². The second-order valence-corrected chi connectivity index (χ2v) is 7.49. The van der Waals surface area contributed by atoms with Crippen molar-refractivity contribution in [3.63, 3.8) is 0 Å². The monoisotopic (exact) mass is 426 g/mol. The van der Waals surface area contributed by atoms with Gasteiger partial charge in [0.25, 0.3) is 5.91 Å². The van der Waals surface area contributed by atoms with Crippen molar-refractivity contribution in [2.45, 2.75) is 13.8 Å². The Morgan fingerprint density at radius 3 is 2.31 bits per heavy atom. The lowest BCUT2D eigenvalue weighted by Gasteiger charge is -2.10. The van der Waals surface area contributed by atoms with E-state index < -0.39 is 11.8 Å². The third kappa shape index (κ3) is 3.96. The number of amides is 2. The van der Waals surface area contributed by atoms with E-state index in [9.17, 15) is 14.7 Å². The van der Waals surface area contributed by atoms with Gasteiger partial charge in [0.1, 0.15) is 5.75 Å². The smallest absolute Gasteiger partial charge is 0.275 e. The maximum absolute atomic E-state index is 12.5. The second-order valence-electron chi connectivity index (χ2n) is 7.49. The minimum absolute atomic E-state index is 0.103. The molecular formula is C25H22N4O3. The van der Waals surface area contributed by atoms with Crippen LogP contribution in [0.3, 0.4) is 0 Å². The Morgan fingerprint density at radius 2 is 1.66 bits per heavy atom. The number of nitrogens with zero attached hydrogens (tertiary/aromatic N) is 2.